The lowest BCUT2D eigenvalue weighted by molar-refractivity contribution is -0.123. The lowest BCUT2D eigenvalue weighted by Crippen LogP contribution is -2.27. The lowest BCUT2D eigenvalue weighted by Gasteiger charge is -2.17. The average molecular weight is 415 g/mol. The van der Waals surface area contributed by atoms with Crippen molar-refractivity contribution in [1.82, 2.24) is 4.90 Å². The predicted octanol–water partition coefficient (Wildman–Crippen LogP) is 5.68. The molecule has 2 amide bonds. The lowest BCUT2D eigenvalue weighted by atomic mass is 10.0. The first-order valence-electron chi connectivity index (χ1n) is 10.3. The zero-order chi connectivity index (χ0) is 20.5. The zero-order valence-corrected chi connectivity index (χ0v) is 17.4. The SMILES string of the molecule is O=C1S/C(=C/c2ccc(N3CCCC3)cc2)C(=O)N1Cc1cccc2ccccc12. The summed E-state index contributed by atoms with van der Waals surface area (Å²) in [5, 5.41) is 1.96. The Kier molecular flexibility index (Phi) is 5.05. The molecule has 3 aromatic carbocycles. The molecule has 3 aromatic rings. The van der Waals surface area contributed by atoms with Gasteiger partial charge in [0.1, 0.15) is 0 Å². The molecule has 2 heterocycles. The van der Waals surface area contributed by atoms with E-state index >= 15 is 0 Å². The summed E-state index contributed by atoms with van der Waals surface area (Å²) in [5.41, 5.74) is 3.13. The third-order valence-electron chi connectivity index (χ3n) is 5.74. The van der Waals surface area contributed by atoms with Gasteiger partial charge in [-0.15, -0.1) is 0 Å². The van der Waals surface area contributed by atoms with E-state index in [1.54, 1.807) is 0 Å². The van der Waals surface area contributed by atoms with Crippen LogP contribution in [0.5, 0.6) is 0 Å². The maximum Gasteiger partial charge on any atom is 0.293 e. The second-order valence-corrected chi connectivity index (χ2v) is 8.69. The number of anilines is 1. The van der Waals surface area contributed by atoms with E-state index in [1.165, 1.54) is 23.4 Å². The van der Waals surface area contributed by atoms with Crippen molar-refractivity contribution in [2.75, 3.05) is 18.0 Å². The van der Waals surface area contributed by atoms with Gasteiger partial charge in [0.05, 0.1) is 11.4 Å². The molecular formula is C25H22N2O2S. The Balaban J connectivity index is 1.36. The quantitative estimate of drug-likeness (QED) is 0.515. The summed E-state index contributed by atoms with van der Waals surface area (Å²) in [4.78, 5) is 29.7. The van der Waals surface area contributed by atoms with Crippen molar-refractivity contribution in [3.05, 3.63) is 82.8 Å². The predicted molar refractivity (Wildman–Crippen MR) is 123 cm³/mol. The van der Waals surface area contributed by atoms with Crippen LogP contribution in [0.25, 0.3) is 16.8 Å². The van der Waals surface area contributed by atoms with Crippen LogP contribution in [-0.2, 0) is 11.3 Å². The highest BCUT2D eigenvalue weighted by Gasteiger charge is 2.35. The second-order valence-electron chi connectivity index (χ2n) is 7.69. The van der Waals surface area contributed by atoms with Crippen LogP contribution >= 0.6 is 11.8 Å². The maximum atomic E-state index is 12.9. The molecule has 0 unspecified atom stereocenters. The first-order valence-corrected chi connectivity index (χ1v) is 11.1. The molecule has 0 radical (unpaired) electrons. The topological polar surface area (TPSA) is 40.6 Å². The van der Waals surface area contributed by atoms with Crippen LogP contribution in [0, 0.1) is 0 Å². The minimum Gasteiger partial charge on any atom is -0.372 e. The largest absolute Gasteiger partial charge is 0.372 e. The molecular weight excluding hydrogens is 392 g/mol. The van der Waals surface area contributed by atoms with Gasteiger partial charge in [-0.05, 0) is 64.7 Å². The molecule has 4 nitrogen and oxygen atoms in total. The van der Waals surface area contributed by atoms with Gasteiger partial charge in [0.25, 0.3) is 11.1 Å². The normalized spacial score (nSPS) is 18.2. The van der Waals surface area contributed by atoms with Crippen molar-refractivity contribution in [3.63, 3.8) is 0 Å². The molecule has 30 heavy (non-hydrogen) atoms. The van der Waals surface area contributed by atoms with Crippen molar-refractivity contribution < 1.29 is 9.59 Å². The van der Waals surface area contributed by atoms with Crippen LogP contribution in [-0.4, -0.2) is 29.1 Å². The number of carbonyl (C=O) groups excluding carboxylic acids is 2. The number of thioether (sulfide) groups is 1. The fourth-order valence-corrected chi connectivity index (χ4v) is 4.98. The van der Waals surface area contributed by atoms with E-state index in [1.807, 2.05) is 60.7 Å². The van der Waals surface area contributed by atoms with E-state index in [4.69, 9.17) is 0 Å². The van der Waals surface area contributed by atoms with Crippen molar-refractivity contribution in [2.24, 2.45) is 0 Å². The molecule has 0 bridgehead atoms. The minimum atomic E-state index is -0.221. The fraction of sp³-hybridized carbons (Fsp3) is 0.200. The van der Waals surface area contributed by atoms with Gasteiger partial charge >= 0.3 is 0 Å². The third-order valence-corrected chi connectivity index (χ3v) is 6.65. The summed E-state index contributed by atoms with van der Waals surface area (Å²) in [6.07, 6.45) is 4.30. The summed E-state index contributed by atoms with van der Waals surface area (Å²) in [6, 6.07) is 22.3. The monoisotopic (exact) mass is 414 g/mol. The number of hydrogen-bond acceptors (Lipinski definition) is 4. The number of amides is 2. The molecule has 2 aliphatic heterocycles. The molecule has 150 valence electrons. The summed E-state index contributed by atoms with van der Waals surface area (Å²) < 4.78 is 0. The highest BCUT2D eigenvalue weighted by atomic mass is 32.2. The first-order chi connectivity index (χ1) is 14.7. The van der Waals surface area contributed by atoms with Gasteiger partial charge in [-0.2, -0.15) is 0 Å². The van der Waals surface area contributed by atoms with Crippen LogP contribution in [0.3, 0.4) is 0 Å². The molecule has 2 saturated heterocycles. The van der Waals surface area contributed by atoms with E-state index in [2.05, 4.69) is 17.0 Å². The Morgan fingerprint density at radius 3 is 2.40 bits per heavy atom. The first kappa shape index (κ1) is 18.9. The number of carbonyl (C=O) groups is 2. The van der Waals surface area contributed by atoms with Gasteiger partial charge in [-0.3, -0.25) is 14.5 Å². The van der Waals surface area contributed by atoms with E-state index in [0.29, 0.717) is 4.91 Å². The van der Waals surface area contributed by atoms with E-state index < -0.39 is 0 Å². The Labute approximate surface area is 180 Å². The van der Waals surface area contributed by atoms with Gasteiger partial charge < -0.3 is 4.90 Å². The Morgan fingerprint density at radius 1 is 0.867 bits per heavy atom. The van der Waals surface area contributed by atoms with Gasteiger partial charge in [-0.25, -0.2) is 0 Å². The zero-order valence-electron chi connectivity index (χ0n) is 16.6. The highest BCUT2D eigenvalue weighted by Crippen LogP contribution is 2.34. The van der Waals surface area contributed by atoms with Crippen molar-refractivity contribution in [2.45, 2.75) is 19.4 Å². The molecule has 2 aliphatic rings. The van der Waals surface area contributed by atoms with Crippen LogP contribution in [0.4, 0.5) is 10.5 Å². The number of imide groups is 1. The number of hydrogen-bond donors (Lipinski definition) is 0. The fourth-order valence-electron chi connectivity index (χ4n) is 4.15. The standard InChI is InChI=1S/C25H22N2O2S/c28-24-23(16-18-10-12-21(13-11-18)26-14-3-4-15-26)30-25(29)27(24)17-20-8-5-7-19-6-1-2-9-22(19)20/h1-2,5-13,16H,3-4,14-15,17H2/b23-16+. The van der Waals surface area contributed by atoms with E-state index in [9.17, 15) is 9.59 Å². The molecule has 0 aromatic heterocycles. The molecule has 0 saturated carbocycles. The van der Waals surface area contributed by atoms with Crippen LogP contribution in [0.2, 0.25) is 0 Å². The number of benzene rings is 3. The Hall–Kier alpha value is -3.05. The Morgan fingerprint density at radius 2 is 1.60 bits per heavy atom. The van der Waals surface area contributed by atoms with Gasteiger partial charge in [0.15, 0.2) is 0 Å². The molecule has 5 heteroatoms. The van der Waals surface area contributed by atoms with Crippen LogP contribution < -0.4 is 4.90 Å². The molecule has 0 aliphatic carbocycles. The van der Waals surface area contributed by atoms with E-state index in [0.717, 1.165) is 46.8 Å². The van der Waals surface area contributed by atoms with Crippen LogP contribution in [0.15, 0.2) is 71.6 Å². The number of nitrogens with zero attached hydrogens (tertiary/aromatic N) is 2. The number of fused-ring (bicyclic) bond motifs is 1. The molecule has 0 N–H and O–H groups in total. The maximum absolute atomic E-state index is 12.9. The van der Waals surface area contributed by atoms with Crippen molar-refractivity contribution >= 4 is 45.4 Å². The summed E-state index contributed by atoms with van der Waals surface area (Å²) in [7, 11) is 0. The van der Waals surface area contributed by atoms with Gasteiger partial charge in [0, 0.05) is 18.8 Å². The van der Waals surface area contributed by atoms with Crippen LogP contribution in [0.1, 0.15) is 24.0 Å². The van der Waals surface area contributed by atoms with Gasteiger partial charge in [0.2, 0.25) is 0 Å². The molecule has 2 fully saturated rings. The smallest absolute Gasteiger partial charge is 0.293 e. The van der Waals surface area contributed by atoms with Gasteiger partial charge in [-0.1, -0.05) is 54.6 Å². The average Bonchev–Trinajstić information content (AvgIpc) is 3.40. The van der Waals surface area contributed by atoms with Crippen molar-refractivity contribution in [1.29, 1.82) is 0 Å². The highest BCUT2D eigenvalue weighted by molar-refractivity contribution is 8.18. The minimum absolute atomic E-state index is 0.215. The summed E-state index contributed by atoms with van der Waals surface area (Å²) in [6.45, 7) is 2.50. The Bertz CT molecular complexity index is 1140. The van der Waals surface area contributed by atoms with E-state index in [-0.39, 0.29) is 17.7 Å². The summed E-state index contributed by atoms with van der Waals surface area (Å²) >= 11 is 1.02. The molecule has 0 atom stereocenters. The third kappa shape index (κ3) is 3.61. The molecule has 0 spiro atoms. The number of rotatable bonds is 4. The second kappa shape index (κ2) is 8.00. The molecule has 5 rings (SSSR count). The van der Waals surface area contributed by atoms with Crippen molar-refractivity contribution in [3.8, 4) is 0 Å². The summed E-state index contributed by atoms with van der Waals surface area (Å²) in [5.74, 6) is -0.221.